The third-order valence-electron chi connectivity index (χ3n) is 4.07. The van der Waals surface area contributed by atoms with E-state index in [-0.39, 0.29) is 5.91 Å². The van der Waals surface area contributed by atoms with E-state index in [1.54, 1.807) is 0 Å². The van der Waals surface area contributed by atoms with E-state index in [2.05, 4.69) is 38.0 Å². The molecule has 0 aromatic rings. The van der Waals surface area contributed by atoms with Crippen molar-refractivity contribution in [3.8, 4) is 0 Å². The smallest absolute Gasteiger partial charge is 0.220 e. The number of hydrogen-bond acceptors (Lipinski definition) is 3. The van der Waals surface area contributed by atoms with Crippen LogP contribution in [0.25, 0.3) is 0 Å². The third kappa shape index (κ3) is 5.91. The van der Waals surface area contributed by atoms with Crippen LogP contribution in [0.15, 0.2) is 0 Å². The molecular formula is C15H31N3O. The van der Waals surface area contributed by atoms with Crippen LogP contribution in [-0.2, 0) is 4.79 Å². The predicted molar refractivity (Wildman–Crippen MR) is 79.8 cm³/mol. The molecule has 0 aliphatic carbocycles. The Morgan fingerprint density at radius 2 is 2.16 bits per heavy atom. The van der Waals surface area contributed by atoms with Crippen molar-refractivity contribution in [2.75, 3.05) is 26.7 Å². The predicted octanol–water partition coefficient (Wildman–Crippen LogP) is 1.45. The highest BCUT2D eigenvalue weighted by Crippen LogP contribution is 2.17. The zero-order chi connectivity index (χ0) is 14.4. The molecule has 1 rings (SSSR count). The fraction of sp³-hybridized carbons (Fsp3) is 0.933. The number of nitrogens with one attached hydrogen (secondary N) is 1. The Kier molecular flexibility index (Phi) is 6.80. The molecule has 1 saturated heterocycles. The second-order valence-electron chi connectivity index (χ2n) is 6.64. The summed E-state index contributed by atoms with van der Waals surface area (Å²) < 4.78 is 0. The van der Waals surface area contributed by atoms with Gasteiger partial charge in [0, 0.05) is 19.0 Å². The molecule has 1 aliphatic rings. The molecule has 112 valence electrons. The Morgan fingerprint density at radius 1 is 1.47 bits per heavy atom. The Labute approximate surface area is 118 Å². The monoisotopic (exact) mass is 269 g/mol. The summed E-state index contributed by atoms with van der Waals surface area (Å²) in [7, 11) is 2.14. The van der Waals surface area contributed by atoms with Gasteiger partial charge in [0.05, 0.1) is 0 Å². The standard InChI is InChI=1S/C15H31N3O/c1-11(2)7-13(9-16)8-15(19)17-14-5-6-18(4)10-12(14)3/h11-14H,5-10,16H2,1-4H3,(H,17,19). The molecule has 19 heavy (non-hydrogen) atoms. The van der Waals surface area contributed by atoms with E-state index in [9.17, 15) is 4.79 Å². The zero-order valence-electron chi connectivity index (χ0n) is 13.0. The van der Waals surface area contributed by atoms with Crippen molar-refractivity contribution in [2.45, 2.75) is 46.1 Å². The maximum absolute atomic E-state index is 12.1. The van der Waals surface area contributed by atoms with Gasteiger partial charge >= 0.3 is 0 Å². The molecule has 0 saturated carbocycles. The lowest BCUT2D eigenvalue weighted by Crippen LogP contribution is -2.49. The highest BCUT2D eigenvalue weighted by Gasteiger charge is 2.26. The Balaban J connectivity index is 2.37. The summed E-state index contributed by atoms with van der Waals surface area (Å²) in [6.07, 6.45) is 2.67. The van der Waals surface area contributed by atoms with Crippen LogP contribution in [0.1, 0.15) is 40.0 Å². The zero-order valence-corrected chi connectivity index (χ0v) is 13.0. The molecular weight excluding hydrogens is 238 g/mol. The first-order valence-corrected chi connectivity index (χ1v) is 7.60. The Bertz CT molecular complexity index is 281. The van der Waals surface area contributed by atoms with Gasteiger partial charge < -0.3 is 16.0 Å². The molecule has 0 aromatic heterocycles. The number of likely N-dealkylation sites (tertiary alicyclic amines) is 1. The summed E-state index contributed by atoms with van der Waals surface area (Å²) in [5.41, 5.74) is 5.76. The van der Waals surface area contributed by atoms with E-state index in [1.165, 1.54) is 0 Å². The van der Waals surface area contributed by atoms with E-state index < -0.39 is 0 Å². The number of carbonyl (C=O) groups excluding carboxylic acids is 1. The van der Waals surface area contributed by atoms with Gasteiger partial charge in [-0.25, -0.2) is 0 Å². The summed E-state index contributed by atoms with van der Waals surface area (Å²) in [4.78, 5) is 14.4. The van der Waals surface area contributed by atoms with Crippen LogP contribution in [0.2, 0.25) is 0 Å². The van der Waals surface area contributed by atoms with Crippen LogP contribution >= 0.6 is 0 Å². The Morgan fingerprint density at radius 3 is 2.68 bits per heavy atom. The molecule has 0 spiro atoms. The lowest BCUT2D eigenvalue weighted by Gasteiger charge is -2.35. The normalized spacial score (nSPS) is 26.4. The van der Waals surface area contributed by atoms with Crippen LogP contribution in [0.4, 0.5) is 0 Å². The number of carbonyl (C=O) groups is 1. The van der Waals surface area contributed by atoms with E-state index in [0.29, 0.717) is 36.8 Å². The topological polar surface area (TPSA) is 58.4 Å². The summed E-state index contributed by atoms with van der Waals surface area (Å²) in [5.74, 6) is 1.63. The van der Waals surface area contributed by atoms with Crippen LogP contribution in [0.3, 0.4) is 0 Å². The van der Waals surface area contributed by atoms with Gasteiger partial charge in [-0.05, 0) is 50.7 Å². The molecule has 1 aliphatic heterocycles. The van der Waals surface area contributed by atoms with Gasteiger partial charge in [-0.1, -0.05) is 20.8 Å². The van der Waals surface area contributed by atoms with Gasteiger partial charge in [0.25, 0.3) is 0 Å². The molecule has 1 amide bonds. The molecule has 0 aromatic carbocycles. The van der Waals surface area contributed by atoms with Gasteiger partial charge in [-0.15, -0.1) is 0 Å². The molecule has 3 N–H and O–H groups in total. The maximum Gasteiger partial charge on any atom is 0.220 e. The number of amides is 1. The number of piperidine rings is 1. The van der Waals surface area contributed by atoms with Crippen molar-refractivity contribution in [3.05, 3.63) is 0 Å². The fourth-order valence-electron chi connectivity index (χ4n) is 3.03. The second-order valence-corrected chi connectivity index (χ2v) is 6.64. The van der Waals surface area contributed by atoms with Crippen LogP contribution in [0.5, 0.6) is 0 Å². The lowest BCUT2D eigenvalue weighted by molar-refractivity contribution is -0.123. The van der Waals surface area contributed by atoms with Crippen molar-refractivity contribution in [3.63, 3.8) is 0 Å². The average molecular weight is 269 g/mol. The molecule has 1 heterocycles. The second kappa shape index (κ2) is 7.85. The highest BCUT2D eigenvalue weighted by atomic mass is 16.1. The SMILES string of the molecule is CC(C)CC(CN)CC(=O)NC1CCN(C)CC1C. The molecule has 4 nitrogen and oxygen atoms in total. The fourth-order valence-corrected chi connectivity index (χ4v) is 3.03. The van der Waals surface area contributed by atoms with Gasteiger partial charge in [0.15, 0.2) is 0 Å². The third-order valence-corrected chi connectivity index (χ3v) is 4.07. The first-order valence-electron chi connectivity index (χ1n) is 7.60. The first kappa shape index (κ1) is 16.4. The lowest BCUT2D eigenvalue weighted by atomic mass is 9.92. The molecule has 1 fully saturated rings. The Hall–Kier alpha value is -0.610. The first-order chi connectivity index (χ1) is 8.92. The van der Waals surface area contributed by atoms with Crippen molar-refractivity contribution in [1.82, 2.24) is 10.2 Å². The molecule has 3 atom stereocenters. The average Bonchev–Trinajstić information content (AvgIpc) is 2.31. The minimum atomic E-state index is 0.178. The summed E-state index contributed by atoms with van der Waals surface area (Å²) in [5, 5.41) is 3.21. The summed E-state index contributed by atoms with van der Waals surface area (Å²) in [6.45, 7) is 9.32. The number of hydrogen-bond donors (Lipinski definition) is 2. The minimum absolute atomic E-state index is 0.178. The van der Waals surface area contributed by atoms with E-state index >= 15 is 0 Å². The molecule has 3 unspecified atom stereocenters. The van der Waals surface area contributed by atoms with E-state index in [1.807, 2.05) is 0 Å². The number of nitrogens with zero attached hydrogens (tertiary/aromatic N) is 1. The van der Waals surface area contributed by atoms with E-state index in [0.717, 1.165) is 25.9 Å². The molecule has 4 heteroatoms. The minimum Gasteiger partial charge on any atom is -0.353 e. The largest absolute Gasteiger partial charge is 0.353 e. The van der Waals surface area contributed by atoms with Crippen LogP contribution in [0, 0.1) is 17.8 Å². The van der Waals surface area contributed by atoms with Crippen molar-refractivity contribution < 1.29 is 4.79 Å². The van der Waals surface area contributed by atoms with Gasteiger partial charge in [-0.2, -0.15) is 0 Å². The quantitative estimate of drug-likeness (QED) is 0.767. The van der Waals surface area contributed by atoms with Crippen molar-refractivity contribution in [1.29, 1.82) is 0 Å². The van der Waals surface area contributed by atoms with Crippen molar-refractivity contribution >= 4 is 5.91 Å². The van der Waals surface area contributed by atoms with Crippen LogP contribution in [-0.4, -0.2) is 43.5 Å². The maximum atomic E-state index is 12.1. The van der Waals surface area contributed by atoms with Gasteiger partial charge in [0.2, 0.25) is 5.91 Å². The molecule has 0 bridgehead atoms. The van der Waals surface area contributed by atoms with Gasteiger partial charge in [0.1, 0.15) is 0 Å². The molecule has 0 radical (unpaired) electrons. The van der Waals surface area contributed by atoms with E-state index in [4.69, 9.17) is 5.73 Å². The number of rotatable bonds is 6. The highest BCUT2D eigenvalue weighted by molar-refractivity contribution is 5.76. The number of nitrogens with two attached hydrogens (primary N) is 1. The summed E-state index contributed by atoms with van der Waals surface area (Å²) >= 11 is 0. The van der Waals surface area contributed by atoms with Crippen molar-refractivity contribution in [2.24, 2.45) is 23.5 Å². The van der Waals surface area contributed by atoms with Gasteiger partial charge in [-0.3, -0.25) is 4.79 Å². The summed E-state index contributed by atoms with van der Waals surface area (Å²) in [6, 6.07) is 0.334. The van der Waals surface area contributed by atoms with Crippen LogP contribution < -0.4 is 11.1 Å².